The van der Waals surface area contributed by atoms with E-state index in [0.717, 1.165) is 15.7 Å². The summed E-state index contributed by atoms with van der Waals surface area (Å²) in [6, 6.07) is 7.74. The van der Waals surface area contributed by atoms with Gasteiger partial charge in [-0.3, -0.25) is 4.79 Å². The van der Waals surface area contributed by atoms with Crippen LogP contribution in [0.4, 0.5) is 0 Å². The molecule has 0 N–H and O–H groups in total. The van der Waals surface area contributed by atoms with Crippen LogP contribution in [0.25, 0.3) is 0 Å². The predicted octanol–water partition coefficient (Wildman–Crippen LogP) is 2.03. The van der Waals surface area contributed by atoms with Crippen molar-refractivity contribution in [2.24, 2.45) is 7.05 Å². The van der Waals surface area contributed by atoms with Crippen molar-refractivity contribution in [3.8, 4) is 0 Å². The molecular formula is C16H19ClN4O2S. The lowest BCUT2D eigenvalue weighted by molar-refractivity contribution is -0.135. The molecule has 1 atom stereocenters. The van der Waals surface area contributed by atoms with Gasteiger partial charge in [-0.05, 0) is 11.6 Å². The molecule has 6 nitrogen and oxygen atoms in total. The summed E-state index contributed by atoms with van der Waals surface area (Å²) in [7, 11) is 1.86. The first-order valence-corrected chi connectivity index (χ1v) is 9.09. The van der Waals surface area contributed by atoms with Gasteiger partial charge in [-0.25, -0.2) is 0 Å². The fraction of sp³-hybridized carbons (Fsp3) is 0.438. The highest BCUT2D eigenvalue weighted by Gasteiger charge is 2.25. The first kappa shape index (κ1) is 17.3. The summed E-state index contributed by atoms with van der Waals surface area (Å²) in [5.41, 5.74) is 1.05. The number of thioether (sulfide) groups is 1. The van der Waals surface area contributed by atoms with E-state index < -0.39 is 0 Å². The lowest BCUT2D eigenvalue weighted by atomic mass is 10.1. The van der Waals surface area contributed by atoms with E-state index in [-0.39, 0.29) is 12.0 Å². The summed E-state index contributed by atoms with van der Waals surface area (Å²) in [6.07, 6.45) is 2.31. The van der Waals surface area contributed by atoms with Crippen LogP contribution in [0.2, 0.25) is 5.02 Å². The van der Waals surface area contributed by atoms with Gasteiger partial charge in [-0.15, -0.1) is 10.2 Å². The highest BCUT2D eigenvalue weighted by molar-refractivity contribution is 7.99. The average Bonchev–Trinajstić information content (AvgIpc) is 3.00. The molecule has 1 aromatic heterocycles. The molecule has 0 unspecified atom stereocenters. The number of aromatic nitrogens is 3. The van der Waals surface area contributed by atoms with Crippen LogP contribution in [0.5, 0.6) is 0 Å². The summed E-state index contributed by atoms with van der Waals surface area (Å²) >= 11 is 7.61. The first-order chi connectivity index (χ1) is 11.6. The molecule has 24 heavy (non-hydrogen) atoms. The van der Waals surface area contributed by atoms with Gasteiger partial charge in [0.05, 0.1) is 18.5 Å². The summed E-state index contributed by atoms with van der Waals surface area (Å²) in [5, 5.41) is 9.27. The molecule has 8 heteroatoms. The van der Waals surface area contributed by atoms with Crippen molar-refractivity contribution in [2.75, 3.05) is 25.4 Å². The zero-order chi connectivity index (χ0) is 16.9. The van der Waals surface area contributed by atoms with Crippen molar-refractivity contribution in [1.82, 2.24) is 19.7 Å². The number of amides is 1. The Balaban J connectivity index is 1.54. The minimum Gasteiger partial charge on any atom is -0.374 e. The second-order valence-corrected chi connectivity index (χ2v) is 6.99. The van der Waals surface area contributed by atoms with E-state index >= 15 is 0 Å². The molecule has 0 spiro atoms. The van der Waals surface area contributed by atoms with Gasteiger partial charge in [0, 0.05) is 31.6 Å². The molecule has 0 radical (unpaired) electrons. The summed E-state index contributed by atoms with van der Waals surface area (Å²) < 4.78 is 7.60. The van der Waals surface area contributed by atoms with Crippen LogP contribution in [-0.2, 0) is 23.0 Å². The molecule has 1 aliphatic heterocycles. The van der Waals surface area contributed by atoms with E-state index in [1.807, 2.05) is 36.2 Å². The number of halogens is 1. The molecule has 0 bridgehead atoms. The fourth-order valence-electron chi connectivity index (χ4n) is 2.60. The normalized spacial score (nSPS) is 17.9. The van der Waals surface area contributed by atoms with Crippen molar-refractivity contribution < 1.29 is 9.53 Å². The van der Waals surface area contributed by atoms with Crippen LogP contribution in [0.3, 0.4) is 0 Å². The van der Waals surface area contributed by atoms with Crippen LogP contribution in [0.1, 0.15) is 5.56 Å². The van der Waals surface area contributed by atoms with Crippen LogP contribution < -0.4 is 0 Å². The number of hydrogen-bond acceptors (Lipinski definition) is 5. The lowest BCUT2D eigenvalue weighted by Crippen LogP contribution is -2.47. The molecule has 1 saturated heterocycles. The van der Waals surface area contributed by atoms with Gasteiger partial charge in [-0.1, -0.05) is 41.6 Å². The number of nitrogens with zero attached hydrogens (tertiary/aromatic N) is 4. The Labute approximate surface area is 150 Å². The largest absolute Gasteiger partial charge is 0.374 e. The number of hydrogen-bond donors (Lipinski definition) is 0. The third-order valence-electron chi connectivity index (χ3n) is 3.89. The van der Waals surface area contributed by atoms with Gasteiger partial charge in [0.1, 0.15) is 6.33 Å². The Morgan fingerprint density at radius 1 is 1.46 bits per heavy atom. The number of ether oxygens (including phenoxy) is 1. The topological polar surface area (TPSA) is 60.2 Å². The maximum absolute atomic E-state index is 12.4. The van der Waals surface area contributed by atoms with Gasteiger partial charge in [0.2, 0.25) is 5.91 Å². The molecule has 0 aliphatic carbocycles. The molecule has 1 amide bonds. The van der Waals surface area contributed by atoms with E-state index in [0.29, 0.717) is 31.9 Å². The van der Waals surface area contributed by atoms with Crippen LogP contribution in [-0.4, -0.2) is 57.1 Å². The minimum absolute atomic E-state index is 0.0255. The SMILES string of the molecule is Cn1cnnc1SCC(=O)N1CCO[C@@H](Cc2ccccc2Cl)C1. The smallest absolute Gasteiger partial charge is 0.233 e. The maximum Gasteiger partial charge on any atom is 0.233 e. The van der Waals surface area contributed by atoms with Gasteiger partial charge in [0.25, 0.3) is 0 Å². The fourth-order valence-corrected chi connectivity index (χ4v) is 3.60. The van der Waals surface area contributed by atoms with Crippen molar-refractivity contribution in [1.29, 1.82) is 0 Å². The van der Waals surface area contributed by atoms with Crippen molar-refractivity contribution in [3.63, 3.8) is 0 Å². The molecule has 0 saturated carbocycles. The molecule has 3 rings (SSSR count). The summed E-state index contributed by atoms with van der Waals surface area (Å²) in [5.74, 6) is 0.446. The number of rotatable bonds is 5. The molecule has 1 fully saturated rings. The van der Waals surface area contributed by atoms with Crippen molar-refractivity contribution in [3.05, 3.63) is 41.2 Å². The van der Waals surface area contributed by atoms with Crippen LogP contribution in [0.15, 0.2) is 35.7 Å². The van der Waals surface area contributed by atoms with Crippen LogP contribution in [0, 0.1) is 0 Å². The molecule has 1 aromatic carbocycles. The zero-order valence-corrected chi connectivity index (χ0v) is 15.0. The van der Waals surface area contributed by atoms with E-state index in [4.69, 9.17) is 16.3 Å². The van der Waals surface area contributed by atoms with Gasteiger partial charge < -0.3 is 14.2 Å². The van der Waals surface area contributed by atoms with E-state index in [1.54, 1.807) is 10.9 Å². The van der Waals surface area contributed by atoms with Gasteiger partial charge >= 0.3 is 0 Å². The van der Waals surface area contributed by atoms with Gasteiger partial charge in [-0.2, -0.15) is 0 Å². The summed E-state index contributed by atoms with van der Waals surface area (Å²) in [4.78, 5) is 14.3. The highest BCUT2D eigenvalue weighted by atomic mass is 35.5. The highest BCUT2D eigenvalue weighted by Crippen LogP contribution is 2.20. The van der Waals surface area contributed by atoms with E-state index in [1.165, 1.54) is 11.8 Å². The van der Waals surface area contributed by atoms with E-state index in [2.05, 4.69) is 10.2 Å². The number of aryl methyl sites for hydroxylation is 1. The average molecular weight is 367 g/mol. The van der Waals surface area contributed by atoms with Crippen molar-refractivity contribution in [2.45, 2.75) is 17.7 Å². The number of morpholine rings is 1. The van der Waals surface area contributed by atoms with Crippen LogP contribution >= 0.6 is 23.4 Å². The quantitative estimate of drug-likeness (QED) is 0.758. The summed E-state index contributed by atoms with van der Waals surface area (Å²) in [6.45, 7) is 1.76. The monoisotopic (exact) mass is 366 g/mol. The molecule has 2 aromatic rings. The number of carbonyl (C=O) groups excluding carboxylic acids is 1. The molecule has 128 valence electrons. The maximum atomic E-state index is 12.4. The minimum atomic E-state index is -0.0255. The third-order valence-corrected chi connectivity index (χ3v) is 5.28. The predicted molar refractivity (Wildman–Crippen MR) is 93.2 cm³/mol. The molecule has 2 heterocycles. The Morgan fingerprint density at radius 3 is 3.04 bits per heavy atom. The number of carbonyl (C=O) groups is 1. The first-order valence-electron chi connectivity index (χ1n) is 7.73. The molecular weight excluding hydrogens is 348 g/mol. The Kier molecular flexibility index (Phi) is 5.76. The Morgan fingerprint density at radius 2 is 2.29 bits per heavy atom. The van der Waals surface area contributed by atoms with Crippen molar-refractivity contribution >= 4 is 29.3 Å². The lowest BCUT2D eigenvalue weighted by Gasteiger charge is -2.33. The second-order valence-electron chi connectivity index (χ2n) is 5.64. The Bertz CT molecular complexity index is 709. The Hall–Kier alpha value is -1.57. The van der Waals surface area contributed by atoms with Gasteiger partial charge in [0.15, 0.2) is 5.16 Å². The third kappa shape index (κ3) is 4.28. The van der Waals surface area contributed by atoms with E-state index in [9.17, 15) is 4.79 Å². The number of benzene rings is 1. The zero-order valence-electron chi connectivity index (χ0n) is 13.4. The standard InChI is InChI=1S/C16H19ClN4O2S/c1-20-11-18-19-16(20)24-10-15(22)21-6-7-23-13(9-21)8-12-4-2-3-5-14(12)17/h2-5,11,13H,6-10H2,1H3/t13-/m0/s1. The molecule has 1 aliphatic rings. The second kappa shape index (κ2) is 8.00.